The molecule has 6 nitrogen and oxygen atoms in total. The highest BCUT2D eigenvalue weighted by atomic mass is 32.2. The Balaban J connectivity index is 1.45. The van der Waals surface area contributed by atoms with E-state index in [4.69, 9.17) is 0 Å². The first-order valence-corrected chi connectivity index (χ1v) is 12.6. The molecule has 2 heterocycles. The second-order valence-electron chi connectivity index (χ2n) is 8.61. The van der Waals surface area contributed by atoms with Crippen molar-refractivity contribution in [3.8, 4) is 0 Å². The summed E-state index contributed by atoms with van der Waals surface area (Å²) in [5.74, 6) is -0.464. The van der Waals surface area contributed by atoms with Crippen LogP contribution in [0.4, 0.5) is 0 Å². The van der Waals surface area contributed by atoms with Gasteiger partial charge in [-0.1, -0.05) is 53.6 Å². The molecule has 0 unspecified atom stereocenters. The molecular weight excluding hydrogens is 434 g/mol. The van der Waals surface area contributed by atoms with Crippen LogP contribution in [0.25, 0.3) is 0 Å². The lowest BCUT2D eigenvalue weighted by atomic mass is 9.97. The molecule has 0 bridgehead atoms. The molecule has 1 fully saturated rings. The van der Waals surface area contributed by atoms with Crippen LogP contribution in [-0.4, -0.2) is 36.3 Å². The van der Waals surface area contributed by atoms with Crippen LogP contribution >= 0.6 is 0 Å². The third kappa shape index (κ3) is 5.49. The molecule has 0 saturated carbocycles. The molecule has 0 N–H and O–H groups in total. The highest BCUT2D eigenvalue weighted by molar-refractivity contribution is 7.89. The summed E-state index contributed by atoms with van der Waals surface area (Å²) in [6.07, 6.45) is 2.86. The Bertz CT molecular complexity index is 1290. The van der Waals surface area contributed by atoms with Gasteiger partial charge in [-0.05, 0) is 56.5 Å². The number of amides is 1. The second-order valence-corrected chi connectivity index (χ2v) is 10.6. The zero-order chi connectivity index (χ0) is 23.4. The number of nitrogens with zero attached hydrogens (tertiary/aromatic N) is 3. The number of rotatable bonds is 5. The van der Waals surface area contributed by atoms with Crippen molar-refractivity contribution >= 4 is 15.9 Å². The summed E-state index contributed by atoms with van der Waals surface area (Å²) in [6.45, 7) is 5.24. The first-order valence-electron chi connectivity index (χ1n) is 11.2. The maximum absolute atomic E-state index is 12.9. The van der Waals surface area contributed by atoms with Gasteiger partial charge in [0.1, 0.15) is 5.49 Å². The molecule has 1 aromatic heterocycles. The highest BCUT2D eigenvalue weighted by Gasteiger charge is 2.32. The quantitative estimate of drug-likeness (QED) is 0.580. The normalized spacial score (nSPS) is 16.1. The molecule has 0 radical (unpaired) electrons. The average Bonchev–Trinajstić information content (AvgIpc) is 2.82. The Kier molecular flexibility index (Phi) is 6.91. The number of hydrogen-bond donors (Lipinski definition) is 0. The van der Waals surface area contributed by atoms with E-state index in [1.165, 1.54) is 9.87 Å². The van der Waals surface area contributed by atoms with Gasteiger partial charge in [-0.25, -0.2) is 8.42 Å². The van der Waals surface area contributed by atoms with Crippen molar-refractivity contribution in [2.24, 2.45) is 10.9 Å². The zero-order valence-electron chi connectivity index (χ0n) is 19.0. The van der Waals surface area contributed by atoms with Crippen molar-refractivity contribution in [3.63, 3.8) is 0 Å². The molecular formula is C26H29N3O3S. The van der Waals surface area contributed by atoms with E-state index >= 15 is 0 Å². The van der Waals surface area contributed by atoms with Crippen molar-refractivity contribution in [1.29, 1.82) is 0 Å². The number of sulfonamides is 1. The van der Waals surface area contributed by atoms with E-state index in [-0.39, 0.29) is 11.8 Å². The third-order valence-electron chi connectivity index (χ3n) is 6.08. The lowest BCUT2D eigenvalue weighted by Crippen LogP contribution is -2.40. The van der Waals surface area contributed by atoms with Gasteiger partial charge in [0.2, 0.25) is 10.0 Å². The summed E-state index contributed by atoms with van der Waals surface area (Å²) in [7, 11) is -3.54. The van der Waals surface area contributed by atoms with Crippen molar-refractivity contribution in [2.45, 2.75) is 38.1 Å². The highest BCUT2D eigenvalue weighted by Crippen LogP contribution is 2.24. The van der Waals surface area contributed by atoms with Gasteiger partial charge in [0.05, 0.1) is 4.90 Å². The van der Waals surface area contributed by atoms with E-state index in [1.807, 2.05) is 35.9 Å². The number of pyridine rings is 1. The lowest BCUT2D eigenvalue weighted by Gasteiger charge is -2.29. The van der Waals surface area contributed by atoms with Gasteiger partial charge in [0, 0.05) is 31.7 Å². The summed E-state index contributed by atoms with van der Waals surface area (Å²) in [6, 6.07) is 20.8. The molecule has 1 aliphatic rings. The number of aryl methyl sites for hydroxylation is 2. The van der Waals surface area contributed by atoms with Crippen molar-refractivity contribution in [1.82, 2.24) is 8.87 Å². The molecule has 0 aliphatic carbocycles. The summed E-state index contributed by atoms with van der Waals surface area (Å²) in [4.78, 5) is 17.6. The molecule has 0 spiro atoms. The average molecular weight is 464 g/mol. The van der Waals surface area contributed by atoms with Crippen LogP contribution in [0.1, 0.15) is 29.5 Å². The molecule has 1 amide bonds. The minimum atomic E-state index is -3.54. The van der Waals surface area contributed by atoms with Gasteiger partial charge < -0.3 is 4.57 Å². The molecule has 3 aromatic rings. The minimum Gasteiger partial charge on any atom is -0.328 e. The van der Waals surface area contributed by atoms with E-state index in [9.17, 15) is 13.2 Å². The fraction of sp³-hybridized carbons (Fsp3) is 0.308. The van der Waals surface area contributed by atoms with Crippen molar-refractivity contribution in [2.75, 3.05) is 13.1 Å². The molecule has 1 saturated heterocycles. The summed E-state index contributed by atoms with van der Waals surface area (Å²) < 4.78 is 29.3. The van der Waals surface area contributed by atoms with Crippen LogP contribution in [0.5, 0.6) is 0 Å². The summed E-state index contributed by atoms with van der Waals surface area (Å²) in [5, 5.41) is 0. The standard InChI is InChI=1S/C26H29N3O3S/c1-20-6-10-22(11-7-20)19-28-16-4-3-5-25(28)27-26(30)23-14-17-29(18-15-23)33(31,32)24-12-8-21(2)9-13-24/h3-13,16,23H,14-15,17-19H2,1-2H3. The minimum absolute atomic E-state index is 0.189. The Morgan fingerprint density at radius 2 is 1.52 bits per heavy atom. The molecule has 7 heteroatoms. The van der Waals surface area contributed by atoms with Gasteiger partial charge in [-0.3, -0.25) is 4.79 Å². The third-order valence-corrected chi connectivity index (χ3v) is 7.99. The molecule has 4 rings (SSSR count). The number of carbonyl (C=O) groups is 1. The number of piperidine rings is 1. The predicted octanol–water partition coefficient (Wildman–Crippen LogP) is 3.68. The maximum atomic E-state index is 12.9. The van der Waals surface area contributed by atoms with E-state index in [1.54, 1.807) is 24.3 Å². The number of aromatic nitrogens is 1. The van der Waals surface area contributed by atoms with Gasteiger partial charge >= 0.3 is 0 Å². The lowest BCUT2D eigenvalue weighted by molar-refractivity contribution is -0.122. The topological polar surface area (TPSA) is 71.7 Å². The molecule has 0 atom stereocenters. The van der Waals surface area contributed by atoms with Crippen molar-refractivity contribution < 1.29 is 13.2 Å². The van der Waals surface area contributed by atoms with Gasteiger partial charge in [-0.15, -0.1) is 0 Å². The molecule has 2 aromatic carbocycles. The SMILES string of the molecule is Cc1ccc(Cn2ccccc2=NC(=O)C2CCN(S(=O)(=O)c3ccc(C)cc3)CC2)cc1. The second kappa shape index (κ2) is 9.85. The van der Waals surface area contributed by atoms with E-state index in [0.717, 1.165) is 11.1 Å². The Labute approximate surface area is 195 Å². The fourth-order valence-electron chi connectivity index (χ4n) is 4.00. The van der Waals surface area contributed by atoms with E-state index < -0.39 is 10.0 Å². The van der Waals surface area contributed by atoms with Gasteiger partial charge in [0.25, 0.3) is 5.91 Å². The summed E-state index contributed by atoms with van der Waals surface area (Å²) >= 11 is 0. The number of carbonyl (C=O) groups excluding carboxylic acids is 1. The van der Waals surface area contributed by atoms with Crippen LogP contribution in [0.3, 0.4) is 0 Å². The van der Waals surface area contributed by atoms with Crippen LogP contribution < -0.4 is 5.49 Å². The predicted molar refractivity (Wildman–Crippen MR) is 128 cm³/mol. The summed E-state index contributed by atoms with van der Waals surface area (Å²) in [5.41, 5.74) is 3.96. The van der Waals surface area contributed by atoms with E-state index in [2.05, 4.69) is 36.2 Å². The van der Waals surface area contributed by atoms with Crippen LogP contribution in [0.2, 0.25) is 0 Å². The zero-order valence-corrected chi connectivity index (χ0v) is 19.8. The van der Waals surface area contributed by atoms with Crippen LogP contribution in [0, 0.1) is 19.8 Å². The fourth-order valence-corrected chi connectivity index (χ4v) is 5.47. The van der Waals surface area contributed by atoms with Gasteiger partial charge in [0.15, 0.2) is 0 Å². The first-order chi connectivity index (χ1) is 15.8. The van der Waals surface area contributed by atoms with Crippen molar-refractivity contribution in [3.05, 3.63) is 95.1 Å². The molecule has 1 aliphatic heterocycles. The number of hydrogen-bond acceptors (Lipinski definition) is 3. The van der Waals surface area contributed by atoms with Crippen LogP contribution in [0.15, 0.2) is 82.8 Å². The van der Waals surface area contributed by atoms with Gasteiger partial charge in [-0.2, -0.15) is 9.30 Å². The Morgan fingerprint density at radius 1 is 0.909 bits per heavy atom. The van der Waals surface area contributed by atoms with E-state index in [0.29, 0.717) is 42.9 Å². The Morgan fingerprint density at radius 3 is 2.15 bits per heavy atom. The Hall–Kier alpha value is -3.03. The molecule has 33 heavy (non-hydrogen) atoms. The molecule has 172 valence electrons. The number of benzene rings is 2. The van der Waals surface area contributed by atoms with Crippen LogP contribution in [-0.2, 0) is 21.4 Å². The largest absolute Gasteiger partial charge is 0.328 e. The monoisotopic (exact) mass is 463 g/mol. The first kappa shape index (κ1) is 23.1. The smallest absolute Gasteiger partial charge is 0.250 e. The maximum Gasteiger partial charge on any atom is 0.250 e.